The van der Waals surface area contributed by atoms with Gasteiger partial charge in [0.05, 0.1) is 17.9 Å². The molecule has 3 saturated carbocycles. The zero-order valence-corrected chi connectivity index (χ0v) is 16.8. The summed E-state index contributed by atoms with van der Waals surface area (Å²) in [6.07, 6.45) is -8.54. The molecule has 0 bridgehead atoms. The summed E-state index contributed by atoms with van der Waals surface area (Å²) in [5.74, 6) is -1.63. The van der Waals surface area contributed by atoms with Crippen LogP contribution in [0.1, 0.15) is 71.1 Å². The number of ether oxygens (including phenoxy) is 2. The molecule has 0 saturated heterocycles. The van der Waals surface area contributed by atoms with E-state index in [1.807, 2.05) is 0 Å². The Morgan fingerprint density at radius 2 is 1.41 bits per heavy atom. The van der Waals surface area contributed by atoms with Crippen molar-refractivity contribution in [3.63, 3.8) is 0 Å². The first-order valence-electron chi connectivity index (χ1n) is 10.8. The third-order valence-corrected chi connectivity index (χ3v) is 6.76. The van der Waals surface area contributed by atoms with Crippen molar-refractivity contribution in [2.45, 2.75) is 108 Å². The van der Waals surface area contributed by atoms with Crippen LogP contribution in [0.3, 0.4) is 0 Å². The lowest BCUT2D eigenvalue weighted by Crippen LogP contribution is -2.46. The minimum atomic E-state index is -3.76. The van der Waals surface area contributed by atoms with Gasteiger partial charge < -0.3 is 9.47 Å². The largest absolute Gasteiger partial charge is 0.462 e. The maximum atomic E-state index is 14.5. The molecule has 3 rings (SSSR count). The molecule has 0 N–H and O–H groups in total. The van der Waals surface area contributed by atoms with Crippen LogP contribution in [0, 0.1) is 17.8 Å². The van der Waals surface area contributed by atoms with E-state index in [1.54, 1.807) is 0 Å². The molecule has 3 aliphatic carbocycles. The molecule has 168 valence electrons. The minimum absolute atomic E-state index is 0.0128. The normalized spacial score (nSPS) is 41.7. The van der Waals surface area contributed by atoms with Crippen molar-refractivity contribution < 1.29 is 36.2 Å². The Hall–Kier alpha value is -0.920. The fourth-order valence-corrected chi connectivity index (χ4v) is 4.78. The van der Waals surface area contributed by atoms with Gasteiger partial charge in [-0.3, -0.25) is 4.79 Å². The van der Waals surface area contributed by atoms with Crippen molar-refractivity contribution in [1.29, 1.82) is 0 Å². The molecule has 0 radical (unpaired) electrons. The van der Waals surface area contributed by atoms with E-state index in [4.69, 9.17) is 9.47 Å². The highest BCUT2D eigenvalue weighted by Crippen LogP contribution is 2.42. The first kappa shape index (κ1) is 22.8. The molecule has 0 aromatic carbocycles. The van der Waals surface area contributed by atoms with Crippen LogP contribution in [0.5, 0.6) is 0 Å². The second-order valence-electron chi connectivity index (χ2n) is 9.10. The Morgan fingerprint density at radius 3 is 2.03 bits per heavy atom. The molecular weight excluding hydrogens is 395 g/mol. The molecule has 0 aromatic heterocycles. The number of esters is 1. The van der Waals surface area contributed by atoms with E-state index in [0.717, 1.165) is 25.7 Å². The van der Waals surface area contributed by atoms with Crippen molar-refractivity contribution >= 4 is 5.97 Å². The van der Waals surface area contributed by atoms with E-state index in [9.17, 15) is 26.7 Å². The van der Waals surface area contributed by atoms with Gasteiger partial charge in [0.15, 0.2) is 0 Å². The van der Waals surface area contributed by atoms with Crippen LogP contribution >= 0.6 is 0 Å². The number of hydrogen-bond donors (Lipinski definition) is 0. The van der Waals surface area contributed by atoms with Crippen LogP contribution in [-0.2, 0) is 14.3 Å². The van der Waals surface area contributed by atoms with E-state index in [-0.39, 0.29) is 44.0 Å². The average molecular weight is 426 g/mol. The summed E-state index contributed by atoms with van der Waals surface area (Å²) in [5, 5.41) is 0. The van der Waals surface area contributed by atoms with Gasteiger partial charge in [0.2, 0.25) is 0 Å². The van der Waals surface area contributed by atoms with Crippen molar-refractivity contribution in [2.24, 2.45) is 17.8 Å². The highest BCUT2D eigenvalue weighted by molar-refractivity contribution is 5.72. The molecule has 3 nitrogen and oxygen atoms in total. The zero-order chi connectivity index (χ0) is 21.2. The first-order valence-corrected chi connectivity index (χ1v) is 10.8. The molecule has 0 aromatic rings. The van der Waals surface area contributed by atoms with E-state index in [2.05, 4.69) is 6.92 Å². The number of alkyl halides is 5. The molecule has 29 heavy (non-hydrogen) atoms. The second kappa shape index (κ2) is 9.48. The number of halogens is 5. The fraction of sp³-hybridized carbons (Fsp3) is 0.952. The Balaban J connectivity index is 1.48. The number of rotatable bonds is 5. The van der Waals surface area contributed by atoms with Gasteiger partial charge in [0.25, 0.3) is 0 Å². The van der Waals surface area contributed by atoms with E-state index < -0.39 is 49.2 Å². The SMILES string of the molecule is CC1CCC(C(=O)OC2CCC(C(F)(F)OC3CCC(F)C(F)C3)C(F)C2)CC1. The average Bonchev–Trinajstić information content (AvgIpc) is 2.65. The molecule has 6 atom stereocenters. The summed E-state index contributed by atoms with van der Waals surface area (Å²) in [7, 11) is 0. The molecular formula is C21H31F5O3. The number of hydrogen-bond acceptors (Lipinski definition) is 3. The molecule has 3 fully saturated rings. The molecule has 8 heteroatoms. The predicted molar refractivity (Wildman–Crippen MR) is 96.7 cm³/mol. The van der Waals surface area contributed by atoms with Crippen molar-refractivity contribution in [1.82, 2.24) is 0 Å². The third-order valence-electron chi connectivity index (χ3n) is 6.76. The summed E-state index contributed by atoms with van der Waals surface area (Å²) in [6, 6.07) is 0. The molecule has 0 spiro atoms. The van der Waals surface area contributed by atoms with Gasteiger partial charge >= 0.3 is 12.1 Å². The maximum Gasteiger partial charge on any atom is 0.361 e. The summed E-state index contributed by atoms with van der Waals surface area (Å²) in [6.45, 7) is 2.13. The lowest BCUT2D eigenvalue weighted by atomic mass is 9.82. The summed E-state index contributed by atoms with van der Waals surface area (Å²) in [4.78, 5) is 12.3. The molecule has 0 heterocycles. The maximum absolute atomic E-state index is 14.5. The van der Waals surface area contributed by atoms with E-state index in [0.29, 0.717) is 5.92 Å². The Morgan fingerprint density at radius 1 is 0.793 bits per heavy atom. The molecule has 3 aliphatic rings. The summed E-state index contributed by atoms with van der Waals surface area (Å²) in [5.41, 5.74) is 0. The van der Waals surface area contributed by atoms with Gasteiger partial charge in [-0.15, -0.1) is 0 Å². The van der Waals surface area contributed by atoms with Crippen LogP contribution in [0.2, 0.25) is 0 Å². The highest BCUT2D eigenvalue weighted by Gasteiger charge is 2.51. The fourth-order valence-electron chi connectivity index (χ4n) is 4.78. The predicted octanol–water partition coefficient (Wildman–Crippen LogP) is 5.70. The Bertz CT molecular complexity index is 552. The van der Waals surface area contributed by atoms with Gasteiger partial charge in [-0.25, -0.2) is 13.2 Å². The lowest BCUT2D eigenvalue weighted by molar-refractivity contribution is -0.312. The van der Waals surface area contributed by atoms with Crippen LogP contribution in [0.15, 0.2) is 0 Å². The van der Waals surface area contributed by atoms with Gasteiger partial charge in [0, 0.05) is 12.8 Å². The standard InChI is InChI=1S/C21H31F5O3/c1-12-2-4-13(5-3-12)20(27)28-14-6-8-16(18(23)10-14)21(25,26)29-15-7-9-17(22)19(24)11-15/h12-19H,2-11H2,1H3. The summed E-state index contributed by atoms with van der Waals surface area (Å²) >= 11 is 0. The van der Waals surface area contributed by atoms with Crippen LogP contribution in [-0.4, -0.2) is 42.8 Å². The van der Waals surface area contributed by atoms with Crippen LogP contribution in [0.25, 0.3) is 0 Å². The van der Waals surface area contributed by atoms with Crippen molar-refractivity contribution in [3.05, 3.63) is 0 Å². The molecule has 0 aliphatic heterocycles. The van der Waals surface area contributed by atoms with E-state index in [1.165, 1.54) is 0 Å². The lowest BCUT2D eigenvalue weighted by Gasteiger charge is -2.38. The van der Waals surface area contributed by atoms with Crippen molar-refractivity contribution in [3.8, 4) is 0 Å². The Labute approximate surface area is 168 Å². The smallest absolute Gasteiger partial charge is 0.361 e. The first-order chi connectivity index (χ1) is 13.7. The zero-order valence-electron chi connectivity index (χ0n) is 16.8. The van der Waals surface area contributed by atoms with E-state index >= 15 is 0 Å². The summed E-state index contributed by atoms with van der Waals surface area (Å²) < 4.78 is 80.3. The van der Waals surface area contributed by atoms with Gasteiger partial charge in [-0.2, -0.15) is 8.78 Å². The van der Waals surface area contributed by atoms with Gasteiger partial charge in [-0.1, -0.05) is 6.92 Å². The quantitative estimate of drug-likeness (QED) is 0.418. The topological polar surface area (TPSA) is 35.5 Å². The van der Waals surface area contributed by atoms with Gasteiger partial charge in [0.1, 0.15) is 24.6 Å². The van der Waals surface area contributed by atoms with Crippen LogP contribution in [0.4, 0.5) is 22.0 Å². The van der Waals surface area contributed by atoms with Gasteiger partial charge in [-0.05, 0) is 57.3 Å². The highest BCUT2D eigenvalue weighted by atomic mass is 19.3. The molecule has 0 amide bonds. The molecule has 6 unspecified atom stereocenters. The number of carbonyl (C=O) groups excluding carboxylic acids is 1. The second-order valence-corrected chi connectivity index (χ2v) is 9.10. The Kier molecular flexibility index (Phi) is 7.44. The monoisotopic (exact) mass is 426 g/mol. The number of carbonyl (C=O) groups is 1. The minimum Gasteiger partial charge on any atom is -0.462 e. The third kappa shape index (κ3) is 5.82. The van der Waals surface area contributed by atoms with Crippen molar-refractivity contribution in [2.75, 3.05) is 0 Å². The van der Waals surface area contributed by atoms with Crippen LogP contribution < -0.4 is 0 Å².